The largest absolute Gasteiger partial charge is 0.368 e. The van der Waals surface area contributed by atoms with Gasteiger partial charge < -0.3 is 10.7 Å². The molecule has 0 atom stereocenters. The van der Waals surface area contributed by atoms with E-state index in [4.69, 9.17) is 5.73 Å². The van der Waals surface area contributed by atoms with Gasteiger partial charge in [0.1, 0.15) is 5.01 Å². The van der Waals surface area contributed by atoms with E-state index in [1.807, 2.05) is 42.0 Å². The molecule has 96 valence electrons. The van der Waals surface area contributed by atoms with Crippen LogP contribution in [0.1, 0.15) is 10.4 Å². The van der Waals surface area contributed by atoms with Crippen LogP contribution in [0, 0.1) is 0 Å². The van der Waals surface area contributed by atoms with Gasteiger partial charge in [-0.3, -0.25) is 4.79 Å². The normalized spacial score (nSPS) is 9.47. The maximum absolute atomic E-state index is 11.1. The predicted octanol–water partition coefficient (Wildman–Crippen LogP) is 2.92. The Bertz CT molecular complexity index is 601. The molecule has 0 fully saturated rings. The van der Waals surface area contributed by atoms with E-state index in [9.17, 15) is 4.79 Å². The third-order valence-corrected chi connectivity index (χ3v) is 3.16. The third-order valence-electron chi connectivity index (χ3n) is 2.35. The number of amides is 1. The second-order valence-corrected chi connectivity index (χ2v) is 4.53. The number of H-pyrrole nitrogens is 1. The molecule has 4 nitrogen and oxygen atoms in total. The van der Waals surface area contributed by atoms with Crippen molar-refractivity contribution in [2.75, 3.05) is 0 Å². The summed E-state index contributed by atoms with van der Waals surface area (Å²) in [4.78, 5) is 18.1. The molecule has 0 spiro atoms. The smallest absolute Gasteiger partial charge is 0.249 e. The van der Waals surface area contributed by atoms with Crippen LogP contribution >= 0.6 is 11.3 Å². The van der Waals surface area contributed by atoms with Crippen molar-refractivity contribution in [3.8, 4) is 10.6 Å². The highest BCUT2D eigenvalue weighted by molar-refractivity contribution is 7.13. The number of hydrogen-bond donors (Lipinski definition) is 2. The molecule has 0 unspecified atom stereocenters. The van der Waals surface area contributed by atoms with E-state index in [-0.39, 0.29) is 0 Å². The molecule has 0 aliphatic rings. The standard InChI is InChI=1S/C10H8N2OS.C4H5N/c11-9(13)7-3-1-2-4-8(7)10-12-5-6-14-10;1-2-4-5-3-1/h1-6H,(H2,11,13);1-5H. The molecule has 0 aliphatic carbocycles. The Hall–Kier alpha value is -2.40. The van der Waals surface area contributed by atoms with Crippen LogP contribution in [0.25, 0.3) is 10.6 Å². The van der Waals surface area contributed by atoms with Crippen molar-refractivity contribution >= 4 is 17.2 Å². The first-order valence-electron chi connectivity index (χ1n) is 5.65. The van der Waals surface area contributed by atoms with E-state index in [0.29, 0.717) is 5.56 Å². The second kappa shape index (κ2) is 6.51. The molecule has 19 heavy (non-hydrogen) atoms. The molecule has 2 aromatic heterocycles. The fourth-order valence-corrected chi connectivity index (χ4v) is 2.20. The van der Waals surface area contributed by atoms with Crippen molar-refractivity contribution in [1.82, 2.24) is 9.97 Å². The van der Waals surface area contributed by atoms with Gasteiger partial charge in [0.15, 0.2) is 0 Å². The van der Waals surface area contributed by atoms with Crippen LogP contribution in [0.2, 0.25) is 0 Å². The maximum Gasteiger partial charge on any atom is 0.249 e. The first-order chi connectivity index (χ1) is 9.29. The summed E-state index contributed by atoms with van der Waals surface area (Å²) in [6.07, 6.45) is 5.46. The third kappa shape index (κ3) is 3.53. The van der Waals surface area contributed by atoms with Gasteiger partial charge in [-0.05, 0) is 18.2 Å². The quantitative estimate of drug-likeness (QED) is 0.752. The summed E-state index contributed by atoms with van der Waals surface area (Å²) in [6.45, 7) is 0. The van der Waals surface area contributed by atoms with Gasteiger partial charge in [0, 0.05) is 35.1 Å². The lowest BCUT2D eigenvalue weighted by atomic mass is 10.1. The summed E-state index contributed by atoms with van der Waals surface area (Å²) in [5.74, 6) is -0.421. The lowest BCUT2D eigenvalue weighted by Crippen LogP contribution is -2.12. The molecule has 0 saturated carbocycles. The number of aromatic amines is 1. The summed E-state index contributed by atoms with van der Waals surface area (Å²) in [7, 11) is 0. The van der Waals surface area contributed by atoms with Gasteiger partial charge in [-0.2, -0.15) is 0 Å². The maximum atomic E-state index is 11.1. The van der Waals surface area contributed by atoms with Crippen LogP contribution < -0.4 is 5.73 Å². The summed E-state index contributed by atoms with van der Waals surface area (Å²) < 4.78 is 0. The van der Waals surface area contributed by atoms with E-state index >= 15 is 0 Å². The molecule has 0 bridgehead atoms. The van der Waals surface area contributed by atoms with E-state index in [1.54, 1.807) is 18.3 Å². The summed E-state index contributed by atoms with van der Waals surface area (Å²) in [5.41, 5.74) is 6.58. The average molecular weight is 271 g/mol. The molecule has 0 radical (unpaired) electrons. The highest BCUT2D eigenvalue weighted by atomic mass is 32.1. The first-order valence-corrected chi connectivity index (χ1v) is 6.53. The van der Waals surface area contributed by atoms with Crippen LogP contribution in [-0.4, -0.2) is 15.9 Å². The molecule has 5 heteroatoms. The number of primary amides is 1. The van der Waals surface area contributed by atoms with Crippen LogP contribution in [0.5, 0.6) is 0 Å². The fourth-order valence-electron chi connectivity index (χ4n) is 1.52. The average Bonchev–Trinajstić information content (AvgIpc) is 3.14. The van der Waals surface area contributed by atoms with Crippen LogP contribution in [0.3, 0.4) is 0 Å². The van der Waals surface area contributed by atoms with Crippen molar-refractivity contribution < 1.29 is 4.79 Å². The Morgan fingerprint density at radius 1 is 1.16 bits per heavy atom. The van der Waals surface area contributed by atoms with Crippen molar-refractivity contribution in [3.05, 3.63) is 65.9 Å². The number of carbonyl (C=O) groups is 1. The first kappa shape index (κ1) is 13.0. The molecule has 3 rings (SSSR count). The number of carbonyl (C=O) groups excluding carboxylic acids is 1. The van der Waals surface area contributed by atoms with Crippen molar-refractivity contribution in [2.24, 2.45) is 5.73 Å². The highest BCUT2D eigenvalue weighted by Crippen LogP contribution is 2.24. The molecule has 1 aromatic carbocycles. The Kier molecular flexibility index (Phi) is 4.47. The number of nitrogens with two attached hydrogens (primary N) is 1. The highest BCUT2D eigenvalue weighted by Gasteiger charge is 2.10. The van der Waals surface area contributed by atoms with Crippen molar-refractivity contribution in [1.29, 1.82) is 0 Å². The minimum absolute atomic E-state index is 0.421. The molecular formula is C14H13N3OS. The van der Waals surface area contributed by atoms with Gasteiger partial charge in [0.2, 0.25) is 5.91 Å². The van der Waals surface area contributed by atoms with E-state index in [2.05, 4.69) is 9.97 Å². The van der Waals surface area contributed by atoms with Crippen molar-refractivity contribution in [3.63, 3.8) is 0 Å². The molecule has 2 heterocycles. The van der Waals surface area contributed by atoms with Crippen LogP contribution in [-0.2, 0) is 0 Å². The SMILES string of the molecule is NC(=O)c1ccccc1-c1nccs1.c1cc[nH]c1. The molecular weight excluding hydrogens is 258 g/mol. The number of benzene rings is 1. The fraction of sp³-hybridized carbons (Fsp3) is 0. The lowest BCUT2D eigenvalue weighted by molar-refractivity contribution is 0.100. The number of thiazole rings is 1. The zero-order valence-corrected chi connectivity index (χ0v) is 10.9. The lowest BCUT2D eigenvalue weighted by Gasteiger charge is -2.01. The van der Waals surface area contributed by atoms with Gasteiger partial charge in [-0.15, -0.1) is 11.3 Å². The van der Waals surface area contributed by atoms with E-state index < -0.39 is 5.91 Å². The number of hydrogen-bond acceptors (Lipinski definition) is 3. The summed E-state index contributed by atoms with van der Waals surface area (Å²) >= 11 is 1.49. The van der Waals surface area contributed by atoms with E-state index in [1.165, 1.54) is 11.3 Å². The minimum Gasteiger partial charge on any atom is -0.368 e. The summed E-state index contributed by atoms with van der Waals surface area (Å²) in [5, 5.41) is 2.69. The Morgan fingerprint density at radius 3 is 2.42 bits per heavy atom. The Balaban J connectivity index is 0.000000224. The van der Waals surface area contributed by atoms with Gasteiger partial charge >= 0.3 is 0 Å². The molecule has 0 aliphatic heterocycles. The van der Waals surface area contributed by atoms with Crippen molar-refractivity contribution in [2.45, 2.75) is 0 Å². The minimum atomic E-state index is -0.421. The Labute approximate surface area is 114 Å². The monoisotopic (exact) mass is 271 g/mol. The zero-order chi connectivity index (χ0) is 13.5. The molecule has 1 amide bonds. The number of nitrogens with zero attached hydrogens (tertiary/aromatic N) is 1. The summed E-state index contributed by atoms with van der Waals surface area (Å²) in [6, 6.07) is 11.1. The number of nitrogens with one attached hydrogen (secondary N) is 1. The zero-order valence-electron chi connectivity index (χ0n) is 10.1. The number of aromatic nitrogens is 2. The van der Waals surface area contributed by atoms with Gasteiger partial charge in [-0.25, -0.2) is 4.98 Å². The van der Waals surface area contributed by atoms with Gasteiger partial charge in [0.25, 0.3) is 0 Å². The number of rotatable bonds is 2. The van der Waals surface area contributed by atoms with Crippen LogP contribution in [0.15, 0.2) is 60.4 Å². The van der Waals surface area contributed by atoms with E-state index in [0.717, 1.165) is 10.6 Å². The molecule has 0 saturated heterocycles. The second-order valence-electron chi connectivity index (χ2n) is 3.63. The van der Waals surface area contributed by atoms with Crippen LogP contribution in [0.4, 0.5) is 0 Å². The van der Waals surface area contributed by atoms with Gasteiger partial charge in [-0.1, -0.05) is 18.2 Å². The molecule has 3 N–H and O–H groups in total. The van der Waals surface area contributed by atoms with Gasteiger partial charge in [0.05, 0.1) is 0 Å². The predicted molar refractivity (Wildman–Crippen MR) is 76.9 cm³/mol. The topological polar surface area (TPSA) is 71.8 Å². The Morgan fingerprint density at radius 2 is 1.89 bits per heavy atom. The molecule has 3 aromatic rings.